The maximum atomic E-state index is 4.46. The van der Waals surface area contributed by atoms with Crippen LogP contribution in [0.2, 0.25) is 0 Å². The lowest BCUT2D eigenvalue weighted by atomic mass is 10.0. The lowest BCUT2D eigenvalue weighted by Crippen LogP contribution is -2.03. The third-order valence-corrected chi connectivity index (χ3v) is 3.65. The molecule has 0 aliphatic heterocycles. The standard InChI is InChI=1S/C14H18N2S/c1-10(2)12-6-4-5-7-13(12)15-8-14-16-11(3)9-17-14/h4-7,9-10,15H,8H2,1-3H3. The highest BCUT2D eigenvalue weighted by molar-refractivity contribution is 7.09. The van der Waals surface area contributed by atoms with E-state index in [0.29, 0.717) is 5.92 Å². The minimum atomic E-state index is 0.539. The van der Waals surface area contributed by atoms with E-state index in [9.17, 15) is 0 Å². The number of rotatable bonds is 4. The summed E-state index contributed by atoms with van der Waals surface area (Å²) in [6, 6.07) is 8.48. The summed E-state index contributed by atoms with van der Waals surface area (Å²) >= 11 is 1.71. The molecule has 1 heterocycles. The van der Waals surface area contributed by atoms with Crippen LogP contribution in [0.5, 0.6) is 0 Å². The Morgan fingerprint density at radius 2 is 2.06 bits per heavy atom. The van der Waals surface area contributed by atoms with Crippen LogP contribution in [0, 0.1) is 6.92 Å². The summed E-state index contributed by atoms with van der Waals surface area (Å²) in [5, 5.41) is 6.70. The number of benzene rings is 1. The fourth-order valence-electron chi connectivity index (χ4n) is 1.82. The molecule has 17 heavy (non-hydrogen) atoms. The normalized spacial score (nSPS) is 10.8. The molecule has 0 aliphatic carbocycles. The van der Waals surface area contributed by atoms with Gasteiger partial charge in [0.25, 0.3) is 0 Å². The zero-order chi connectivity index (χ0) is 12.3. The van der Waals surface area contributed by atoms with E-state index in [0.717, 1.165) is 17.2 Å². The first-order valence-electron chi connectivity index (χ1n) is 5.90. The van der Waals surface area contributed by atoms with E-state index in [1.165, 1.54) is 11.3 Å². The van der Waals surface area contributed by atoms with E-state index in [2.05, 4.69) is 53.8 Å². The van der Waals surface area contributed by atoms with Crippen LogP contribution >= 0.6 is 11.3 Å². The maximum absolute atomic E-state index is 4.46. The van der Waals surface area contributed by atoms with Crippen LogP contribution < -0.4 is 5.32 Å². The molecule has 0 atom stereocenters. The predicted molar refractivity (Wildman–Crippen MR) is 74.7 cm³/mol. The van der Waals surface area contributed by atoms with Crippen molar-refractivity contribution in [1.29, 1.82) is 0 Å². The van der Waals surface area contributed by atoms with Crippen LogP contribution in [-0.4, -0.2) is 4.98 Å². The fraction of sp³-hybridized carbons (Fsp3) is 0.357. The second-order valence-corrected chi connectivity index (χ2v) is 5.42. The van der Waals surface area contributed by atoms with Crippen molar-refractivity contribution in [2.75, 3.05) is 5.32 Å². The summed E-state index contributed by atoms with van der Waals surface area (Å²) in [6.07, 6.45) is 0. The largest absolute Gasteiger partial charge is 0.378 e. The molecule has 0 aliphatic rings. The van der Waals surface area contributed by atoms with Crippen molar-refractivity contribution in [2.45, 2.75) is 33.2 Å². The summed E-state index contributed by atoms with van der Waals surface area (Å²) in [4.78, 5) is 4.46. The maximum Gasteiger partial charge on any atom is 0.112 e. The Morgan fingerprint density at radius 1 is 1.29 bits per heavy atom. The van der Waals surface area contributed by atoms with Gasteiger partial charge in [-0.3, -0.25) is 0 Å². The summed E-state index contributed by atoms with van der Waals surface area (Å²) in [7, 11) is 0. The van der Waals surface area contributed by atoms with Crippen LogP contribution in [0.3, 0.4) is 0 Å². The summed E-state index contributed by atoms with van der Waals surface area (Å²) < 4.78 is 0. The minimum Gasteiger partial charge on any atom is -0.378 e. The highest BCUT2D eigenvalue weighted by Crippen LogP contribution is 2.24. The van der Waals surface area contributed by atoms with Gasteiger partial charge in [-0.15, -0.1) is 11.3 Å². The molecule has 2 aromatic rings. The smallest absolute Gasteiger partial charge is 0.112 e. The molecule has 0 unspecified atom stereocenters. The van der Waals surface area contributed by atoms with Crippen molar-refractivity contribution >= 4 is 17.0 Å². The zero-order valence-corrected chi connectivity index (χ0v) is 11.3. The van der Waals surface area contributed by atoms with Gasteiger partial charge in [-0.1, -0.05) is 32.0 Å². The predicted octanol–water partition coefficient (Wildman–Crippen LogP) is 4.19. The zero-order valence-electron chi connectivity index (χ0n) is 10.5. The molecule has 2 nitrogen and oxygen atoms in total. The number of nitrogens with zero attached hydrogens (tertiary/aromatic N) is 1. The Bertz CT molecular complexity index is 488. The van der Waals surface area contributed by atoms with Gasteiger partial charge in [0.1, 0.15) is 5.01 Å². The first-order valence-corrected chi connectivity index (χ1v) is 6.78. The number of hydrogen-bond donors (Lipinski definition) is 1. The van der Waals surface area contributed by atoms with Crippen LogP contribution in [0.1, 0.15) is 36.0 Å². The summed E-state index contributed by atoms with van der Waals surface area (Å²) in [6.45, 7) is 7.27. The van der Waals surface area contributed by atoms with E-state index < -0.39 is 0 Å². The van der Waals surface area contributed by atoms with E-state index in [-0.39, 0.29) is 0 Å². The van der Waals surface area contributed by atoms with Gasteiger partial charge in [-0.2, -0.15) is 0 Å². The lowest BCUT2D eigenvalue weighted by Gasteiger charge is -2.13. The molecule has 90 valence electrons. The minimum absolute atomic E-state index is 0.539. The Hall–Kier alpha value is -1.35. The molecule has 0 fully saturated rings. The van der Waals surface area contributed by atoms with Gasteiger partial charge in [-0.25, -0.2) is 4.98 Å². The van der Waals surface area contributed by atoms with E-state index in [1.807, 2.05) is 6.92 Å². The Balaban J connectivity index is 2.08. The topological polar surface area (TPSA) is 24.9 Å². The van der Waals surface area contributed by atoms with E-state index in [4.69, 9.17) is 0 Å². The van der Waals surface area contributed by atoms with Crippen LogP contribution in [-0.2, 0) is 6.54 Å². The Morgan fingerprint density at radius 3 is 2.71 bits per heavy atom. The van der Waals surface area contributed by atoms with E-state index >= 15 is 0 Å². The molecule has 2 rings (SSSR count). The molecule has 0 spiro atoms. The number of nitrogens with one attached hydrogen (secondary N) is 1. The molecule has 0 bridgehead atoms. The van der Waals surface area contributed by atoms with Crippen molar-refractivity contribution in [2.24, 2.45) is 0 Å². The molecule has 1 aromatic carbocycles. The van der Waals surface area contributed by atoms with Gasteiger partial charge in [0.05, 0.1) is 6.54 Å². The molecule has 1 aromatic heterocycles. The van der Waals surface area contributed by atoms with Gasteiger partial charge in [0, 0.05) is 16.8 Å². The number of aromatic nitrogens is 1. The Labute approximate surface area is 107 Å². The van der Waals surface area contributed by atoms with E-state index in [1.54, 1.807) is 11.3 Å². The Kier molecular flexibility index (Phi) is 3.79. The number of aryl methyl sites for hydroxylation is 1. The number of anilines is 1. The average Bonchev–Trinajstić information content (AvgIpc) is 2.73. The van der Waals surface area contributed by atoms with Gasteiger partial charge < -0.3 is 5.32 Å². The van der Waals surface area contributed by atoms with Crippen LogP contribution in [0.25, 0.3) is 0 Å². The molecule has 0 saturated carbocycles. The third-order valence-electron chi connectivity index (χ3n) is 2.68. The fourth-order valence-corrected chi connectivity index (χ4v) is 2.53. The van der Waals surface area contributed by atoms with Gasteiger partial charge in [-0.05, 0) is 24.5 Å². The molecule has 1 N–H and O–H groups in total. The average molecular weight is 246 g/mol. The highest BCUT2D eigenvalue weighted by atomic mass is 32.1. The highest BCUT2D eigenvalue weighted by Gasteiger charge is 2.06. The first-order chi connectivity index (χ1) is 8.16. The number of hydrogen-bond acceptors (Lipinski definition) is 3. The molecule has 0 saturated heterocycles. The number of para-hydroxylation sites is 1. The molecule has 0 radical (unpaired) electrons. The summed E-state index contributed by atoms with van der Waals surface area (Å²) in [5.41, 5.74) is 3.68. The second kappa shape index (κ2) is 5.32. The molecular weight excluding hydrogens is 228 g/mol. The van der Waals surface area contributed by atoms with Crippen LogP contribution in [0.4, 0.5) is 5.69 Å². The van der Waals surface area contributed by atoms with Gasteiger partial charge in [0.2, 0.25) is 0 Å². The quantitative estimate of drug-likeness (QED) is 0.875. The van der Waals surface area contributed by atoms with Crippen molar-refractivity contribution in [3.8, 4) is 0 Å². The lowest BCUT2D eigenvalue weighted by molar-refractivity contribution is 0.865. The number of thiazole rings is 1. The molecular formula is C14H18N2S. The SMILES string of the molecule is Cc1csc(CNc2ccccc2C(C)C)n1. The van der Waals surface area contributed by atoms with Crippen molar-refractivity contribution in [1.82, 2.24) is 4.98 Å². The van der Waals surface area contributed by atoms with Gasteiger partial charge in [0.15, 0.2) is 0 Å². The second-order valence-electron chi connectivity index (χ2n) is 4.48. The van der Waals surface area contributed by atoms with Gasteiger partial charge >= 0.3 is 0 Å². The van der Waals surface area contributed by atoms with Crippen molar-refractivity contribution < 1.29 is 0 Å². The van der Waals surface area contributed by atoms with Crippen molar-refractivity contribution in [3.05, 3.63) is 45.9 Å². The molecule has 3 heteroatoms. The monoisotopic (exact) mass is 246 g/mol. The third kappa shape index (κ3) is 3.07. The molecule has 0 amide bonds. The van der Waals surface area contributed by atoms with Crippen LogP contribution in [0.15, 0.2) is 29.6 Å². The first kappa shape index (κ1) is 12.1. The summed E-state index contributed by atoms with van der Waals surface area (Å²) in [5.74, 6) is 0.539. The van der Waals surface area contributed by atoms with Crippen molar-refractivity contribution in [3.63, 3.8) is 0 Å².